The van der Waals surface area contributed by atoms with Crippen molar-refractivity contribution in [2.24, 2.45) is 5.84 Å². The summed E-state index contributed by atoms with van der Waals surface area (Å²) in [4.78, 5) is 11.0. The zero-order chi connectivity index (χ0) is 13.5. The molecule has 6 heteroatoms. The van der Waals surface area contributed by atoms with Gasteiger partial charge in [0, 0.05) is 12.5 Å². The number of amides is 1. The van der Waals surface area contributed by atoms with Crippen LogP contribution in [0.5, 0.6) is 5.75 Å². The van der Waals surface area contributed by atoms with E-state index in [2.05, 4.69) is 5.43 Å². The van der Waals surface area contributed by atoms with Crippen LogP contribution < -0.4 is 16.0 Å². The lowest BCUT2D eigenvalue weighted by molar-refractivity contribution is -0.121. The SMILES string of the molecule is CC(CCC(=O)NN)Oc1ccc(C#N)c(Cl)c1. The van der Waals surface area contributed by atoms with Crippen LogP contribution in [-0.4, -0.2) is 12.0 Å². The molecule has 1 aromatic carbocycles. The minimum Gasteiger partial charge on any atom is -0.491 e. The molecule has 1 rings (SSSR count). The molecule has 0 aliphatic heterocycles. The maximum absolute atomic E-state index is 11.0. The van der Waals surface area contributed by atoms with Crippen molar-refractivity contribution in [2.45, 2.75) is 25.9 Å². The van der Waals surface area contributed by atoms with Crippen LogP contribution in [0.4, 0.5) is 0 Å². The molecule has 96 valence electrons. The van der Waals surface area contributed by atoms with Gasteiger partial charge in [-0.3, -0.25) is 10.2 Å². The molecule has 0 saturated heterocycles. The number of rotatable bonds is 5. The van der Waals surface area contributed by atoms with E-state index in [0.29, 0.717) is 29.2 Å². The fourth-order valence-electron chi connectivity index (χ4n) is 1.36. The third-order valence-electron chi connectivity index (χ3n) is 2.34. The van der Waals surface area contributed by atoms with Gasteiger partial charge in [0.15, 0.2) is 0 Å². The standard InChI is InChI=1S/C12H14ClN3O2/c1-8(2-5-12(17)16-15)18-10-4-3-9(7-14)11(13)6-10/h3-4,6,8H,2,5,15H2,1H3,(H,16,17). The molecule has 3 N–H and O–H groups in total. The number of benzene rings is 1. The van der Waals surface area contributed by atoms with Gasteiger partial charge in [-0.25, -0.2) is 5.84 Å². The van der Waals surface area contributed by atoms with Crippen molar-refractivity contribution in [3.8, 4) is 11.8 Å². The van der Waals surface area contributed by atoms with E-state index >= 15 is 0 Å². The van der Waals surface area contributed by atoms with Gasteiger partial charge in [-0.15, -0.1) is 0 Å². The van der Waals surface area contributed by atoms with Crippen molar-refractivity contribution in [1.82, 2.24) is 5.43 Å². The number of nitriles is 1. The maximum atomic E-state index is 11.0. The fourth-order valence-corrected chi connectivity index (χ4v) is 1.57. The lowest BCUT2D eigenvalue weighted by Crippen LogP contribution is -2.30. The molecule has 0 aromatic heterocycles. The van der Waals surface area contributed by atoms with Gasteiger partial charge >= 0.3 is 0 Å². The number of nitrogens with zero attached hydrogens (tertiary/aromatic N) is 1. The number of hydrogen-bond acceptors (Lipinski definition) is 4. The Labute approximate surface area is 110 Å². The first kappa shape index (κ1) is 14.3. The molecule has 5 nitrogen and oxygen atoms in total. The molecule has 1 atom stereocenters. The number of hydrazine groups is 1. The van der Waals surface area contributed by atoms with Gasteiger partial charge in [-0.05, 0) is 25.5 Å². The summed E-state index contributed by atoms with van der Waals surface area (Å²) in [5.41, 5.74) is 2.46. The molecule has 0 fully saturated rings. The Morgan fingerprint density at radius 3 is 2.94 bits per heavy atom. The van der Waals surface area contributed by atoms with Crippen LogP contribution in [-0.2, 0) is 4.79 Å². The second-order valence-corrected chi connectivity index (χ2v) is 4.20. The summed E-state index contributed by atoms with van der Waals surface area (Å²) in [5, 5.41) is 9.08. The Balaban J connectivity index is 2.54. The molecule has 0 radical (unpaired) electrons. The Hall–Kier alpha value is -1.77. The maximum Gasteiger partial charge on any atom is 0.234 e. The highest BCUT2D eigenvalue weighted by molar-refractivity contribution is 6.31. The summed E-state index contributed by atoms with van der Waals surface area (Å²) in [6.45, 7) is 1.84. The largest absolute Gasteiger partial charge is 0.491 e. The summed E-state index contributed by atoms with van der Waals surface area (Å²) in [7, 11) is 0. The number of carbonyl (C=O) groups excluding carboxylic acids is 1. The smallest absolute Gasteiger partial charge is 0.234 e. The predicted octanol–water partition coefficient (Wildman–Crippen LogP) is 1.75. The number of halogens is 1. The minimum atomic E-state index is -0.233. The molecule has 0 heterocycles. The molecule has 1 amide bonds. The molecular formula is C12H14ClN3O2. The van der Waals surface area contributed by atoms with Gasteiger partial charge in [0.2, 0.25) is 5.91 Å². The van der Waals surface area contributed by atoms with E-state index in [1.54, 1.807) is 18.2 Å². The molecule has 1 unspecified atom stereocenters. The highest BCUT2D eigenvalue weighted by Crippen LogP contribution is 2.23. The van der Waals surface area contributed by atoms with Crippen molar-refractivity contribution >= 4 is 17.5 Å². The summed E-state index contributed by atoms with van der Waals surface area (Å²) < 4.78 is 5.57. The molecule has 1 aromatic rings. The van der Waals surface area contributed by atoms with E-state index in [9.17, 15) is 4.79 Å². The average Bonchev–Trinajstić information content (AvgIpc) is 2.36. The molecular weight excluding hydrogens is 254 g/mol. The number of carbonyl (C=O) groups is 1. The normalized spacial score (nSPS) is 11.4. The van der Waals surface area contributed by atoms with E-state index in [1.807, 2.05) is 13.0 Å². The summed E-state index contributed by atoms with van der Waals surface area (Å²) in [5.74, 6) is 5.31. The first-order chi connectivity index (χ1) is 8.56. The molecule has 0 saturated carbocycles. The van der Waals surface area contributed by atoms with Crippen LogP contribution in [0.2, 0.25) is 5.02 Å². The van der Waals surface area contributed by atoms with Gasteiger partial charge in [0.1, 0.15) is 11.8 Å². The van der Waals surface area contributed by atoms with Crippen LogP contribution in [0.25, 0.3) is 0 Å². The van der Waals surface area contributed by atoms with Crippen LogP contribution in [0.3, 0.4) is 0 Å². The summed E-state index contributed by atoms with van der Waals surface area (Å²) >= 11 is 5.88. The Kier molecular flexibility index (Phi) is 5.43. The van der Waals surface area contributed by atoms with Crippen molar-refractivity contribution < 1.29 is 9.53 Å². The Morgan fingerprint density at radius 2 is 2.39 bits per heavy atom. The van der Waals surface area contributed by atoms with E-state index in [1.165, 1.54) is 0 Å². The third kappa shape index (κ3) is 4.24. The number of nitrogens with one attached hydrogen (secondary N) is 1. The first-order valence-corrected chi connectivity index (χ1v) is 5.80. The van der Waals surface area contributed by atoms with Crippen LogP contribution >= 0.6 is 11.6 Å². The topological polar surface area (TPSA) is 88.1 Å². The van der Waals surface area contributed by atoms with E-state index in [4.69, 9.17) is 27.4 Å². The summed E-state index contributed by atoms with van der Waals surface area (Å²) in [6.07, 6.45) is 0.689. The molecule has 18 heavy (non-hydrogen) atoms. The quantitative estimate of drug-likeness (QED) is 0.483. The third-order valence-corrected chi connectivity index (χ3v) is 2.65. The lowest BCUT2D eigenvalue weighted by Gasteiger charge is -2.14. The van der Waals surface area contributed by atoms with Crippen molar-refractivity contribution in [1.29, 1.82) is 5.26 Å². The highest BCUT2D eigenvalue weighted by atomic mass is 35.5. The highest BCUT2D eigenvalue weighted by Gasteiger charge is 2.08. The Morgan fingerprint density at radius 1 is 1.67 bits per heavy atom. The fraction of sp³-hybridized carbons (Fsp3) is 0.333. The molecule has 0 spiro atoms. The number of hydrogen-bond donors (Lipinski definition) is 2. The lowest BCUT2D eigenvalue weighted by atomic mass is 10.2. The van der Waals surface area contributed by atoms with Crippen LogP contribution in [0.15, 0.2) is 18.2 Å². The Bertz CT molecular complexity index is 471. The van der Waals surface area contributed by atoms with E-state index in [0.717, 1.165) is 0 Å². The monoisotopic (exact) mass is 267 g/mol. The average molecular weight is 268 g/mol. The molecule has 0 aliphatic carbocycles. The van der Waals surface area contributed by atoms with Crippen molar-refractivity contribution in [3.63, 3.8) is 0 Å². The van der Waals surface area contributed by atoms with Gasteiger partial charge < -0.3 is 4.74 Å². The zero-order valence-corrected chi connectivity index (χ0v) is 10.7. The van der Waals surface area contributed by atoms with Gasteiger partial charge in [-0.2, -0.15) is 5.26 Å². The van der Waals surface area contributed by atoms with Crippen LogP contribution in [0, 0.1) is 11.3 Å². The number of ether oxygens (including phenoxy) is 1. The molecule has 0 bridgehead atoms. The predicted molar refractivity (Wildman–Crippen MR) is 67.8 cm³/mol. The van der Waals surface area contributed by atoms with Crippen molar-refractivity contribution in [2.75, 3.05) is 0 Å². The molecule has 0 aliphatic rings. The van der Waals surface area contributed by atoms with Crippen molar-refractivity contribution in [3.05, 3.63) is 28.8 Å². The zero-order valence-electron chi connectivity index (χ0n) is 9.94. The number of nitrogens with two attached hydrogens (primary N) is 1. The van der Waals surface area contributed by atoms with Gasteiger partial charge in [-0.1, -0.05) is 11.6 Å². The van der Waals surface area contributed by atoms with Crippen LogP contribution in [0.1, 0.15) is 25.3 Å². The first-order valence-electron chi connectivity index (χ1n) is 5.42. The van der Waals surface area contributed by atoms with E-state index in [-0.39, 0.29) is 12.0 Å². The summed E-state index contributed by atoms with van der Waals surface area (Å²) in [6, 6.07) is 6.82. The van der Waals surface area contributed by atoms with Gasteiger partial charge in [0.05, 0.1) is 16.7 Å². The second kappa shape index (κ2) is 6.84. The minimum absolute atomic E-state index is 0.147. The second-order valence-electron chi connectivity index (χ2n) is 3.79. The van der Waals surface area contributed by atoms with E-state index < -0.39 is 0 Å². The van der Waals surface area contributed by atoms with Gasteiger partial charge in [0.25, 0.3) is 0 Å².